The van der Waals surface area contributed by atoms with Gasteiger partial charge >= 0.3 is 0 Å². The summed E-state index contributed by atoms with van der Waals surface area (Å²) in [4.78, 5) is 0. The van der Waals surface area contributed by atoms with E-state index in [0.29, 0.717) is 13.2 Å². The number of rotatable bonds is 9. The van der Waals surface area contributed by atoms with Crippen molar-refractivity contribution in [3.05, 3.63) is 99.1 Å². The van der Waals surface area contributed by atoms with Crippen molar-refractivity contribution < 1.29 is 9.47 Å². The highest BCUT2D eigenvalue weighted by atomic mass is 127. The van der Waals surface area contributed by atoms with Crippen molar-refractivity contribution in [1.82, 2.24) is 0 Å². The van der Waals surface area contributed by atoms with E-state index in [1.165, 1.54) is 21.9 Å². The molecule has 164 valence electrons. The molecular formula is C28H28INO2. The Labute approximate surface area is 203 Å². The third kappa shape index (κ3) is 5.36. The normalized spacial score (nSPS) is 10.8. The van der Waals surface area contributed by atoms with Crippen LogP contribution in [-0.4, -0.2) is 6.61 Å². The number of halogens is 1. The number of hydrogen-bond acceptors (Lipinski definition) is 3. The van der Waals surface area contributed by atoms with Crippen molar-refractivity contribution in [2.45, 2.75) is 33.4 Å². The van der Waals surface area contributed by atoms with E-state index in [0.717, 1.165) is 39.3 Å². The van der Waals surface area contributed by atoms with Crippen LogP contribution in [0, 0.1) is 3.57 Å². The maximum absolute atomic E-state index is 6.31. The Bertz CT molecular complexity index is 1180. The van der Waals surface area contributed by atoms with Gasteiger partial charge in [0.15, 0.2) is 11.5 Å². The Morgan fingerprint density at radius 3 is 2.38 bits per heavy atom. The average molecular weight is 537 g/mol. The van der Waals surface area contributed by atoms with Gasteiger partial charge in [0.1, 0.15) is 6.61 Å². The first-order valence-electron chi connectivity index (χ1n) is 11.1. The first-order chi connectivity index (χ1) is 15.7. The van der Waals surface area contributed by atoms with E-state index in [1.807, 2.05) is 6.92 Å². The van der Waals surface area contributed by atoms with Gasteiger partial charge in [0.05, 0.1) is 10.2 Å². The molecule has 0 saturated heterocycles. The van der Waals surface area contributed by atoms with Crippen LogP contribution < -0.4 is 14.8 Å². The second-order valence-corrected chi connectivity index (χ2v) is 8.83. The monoisotopic (exact) mass is 537 g/mol. The molecule has 0 bridgehead atoms. The molecule has 32 heavy (non-hydrogen) atoms. The molecule has 1 N–H and O–H groups in total. The smallest absolute Gasteiger partial charge is 0.174 e. The molecule has 4 rings (SSSR count). The predicted molar refractivity (Wildman–Crippen MR) is 142 cm³/mol. The fourth-order valence-electron chi connectivity index (χ4n) is 3.76. The number of benzene rings is 4. The van der Waals surface area contributed by atoms with Gasteiger partial charge in [-0.3, -0.25) is 0 Å². The van der Waals surface area contributed by atoms with Crippen LogP contribution >= 0.6 is 22.6 Å². The molecule has 0 saturated carbocycles. The number of ether oxygens (including phenoxy) is 2. The first-order valence-corrected chi connectivity index (χ1v) is 12.1. The number of aryl methyl sites for hydroxylation is 1. The van der Waals surface area contributed by atoms with Gasteiger partial charge in [0, 0.05) is 12.2 Å². The first kappa shape index (κ1) is 22.5. The number of fused-ring (bicyclic) bond motifs is 1. The molecule has 4 aromatic carbocycles. The highest BCUT2D eigenvalue weighted by Crippen LogP contribution is 2.35. The highest BCUT2D eigenvalue weighted by Gasteiger charge is 2.13. The summed E-state index contributed by atoms with van der Waals surface area (Å²) in [5, 5.41) is 5.95. The minimum atomic E-state index is 0.499. The Balaban J connectivity index is 1.51. The van der Waals surface area contributed by atoms with Crippen LogP contribution in [0.4, 0.5) is 5.69 Å². The zero-order valence-electron chi connectivity index (χ0n) is 18.5. The maximum Gasteiger partial charge on any atom is 0.174 e. The summed E-state index contributed by atoms with van der Waals surface area (Å²) in [6, 6.07) is 27.6. The zero-order valence-corrected chi connectivity index (χ0v) is 20.7. The Morgan fingerprint density at radius 1 is 0.812 bits per heavy atom. The molecule has 4 aromatic rings. The van der Waals surface area contributed by atoms with Gasteiger partial charge in [0.2, 0.25) is 0 Å². The lowest BCUT2D eigenvalue weighted by Crippen LogP contribution is -2.05. The van der Waals surface area contributed by atoms with Gasteiger partial charge in [-0.2, -0.15) is 0 Å². The number of nitrogens with one attached hydrogen (secondary N) is 1. The molecule has 0 radical (unpaired) electrons. The van der Waals surface area contributed by atoms with E-state index in [4.69, 9.17) is 9.47 Å². The lowest BCUT2D eigenvalue weighted by atomic mass is 10.1. The van der Waals surface area contributed by atoms with Crippen LogP contribution in [0.1, 0.15) is 30.5 Å². The second kappa shape index (κ2) is 10.7. The molecule has 0 fully saturated rings. The second-order valence-electron chi connectivity index (χ2n) is 7.67. The summed E-state index contributed by atoms with van der Waals surface area (Å²) in [6.07, 6.45) is 1.05. The number of anilines is 1. The fourth-order valence-corrected chi connectivity index (χ4v) is 4.58. The summed E-state index contributed by atoms with van der Waals surface area (Å²) >= 11 is 2.34. The molecule has 0 unspecified atom stereocenters. The van der Waals surface area contributed by atoms with Gasteiger partial charge < -0.3 is 14.8 Å². The van der Waals surface area contributed by atoms with Crippen molar-refractivity contribution in [2.24, 2.45) is 0 Å². The van der Waals surface area contributed by atoms with E-state index < -0.39 is 0 Å². The van der Waals surface area contributed by atoms with E-state index in [-0.39, 0.29) is 0 Å². The summed E-state index contributed by atoms with van der Waals surface area (Å²) in [6.45, 7) is 5.99. The van der Waals surface area contributed by atoms with Gasteiger partial charge in [-0.1, -0.05) is 61.5 Å². The van der Waals surface area contributed by atoms with Crippen molar-refractivity contribution in [3.63, 3.8) is 0 Å². The van der Waals surface area contributed by atoms with E-state index in [2.05, 4.69) is 114 Å². The fraction of sp³-hybridized carbons (Fsp3) is 0.214. The van der Waals surface area contributed by atoms with Crippen LogP contribution in [-0.2, 0) is 19.6 Å². The Hall–Kier alpha value is -2.73. The average Bonchev–Trinajstić information content (AvgIpc) is 2.83. The minimum absolute atomic E-state index is 0.499. The zero-order chi connectivity index (χ0) is 22.3. The Kier molecular flexibility index (Phi) is 7.53. The minimum Gasteiger partial charge on any atom is -0.490 e. The molecule has 0 aromatic heterocycles. The summed E-state index contributed by atoms with van der Waals surface area (Å²) in [5.74, 6) is 1.59. The summed E-state index contributed by atoms with van der Waals surface area (Å²) < 4.78 is 13.3. The van der Waals surface area contributed by atoms with Gasteiger partial charge in [-0.15, -0.1) is 0 Å². The molecular weight excluding hydrogens is 509 g/mol. The van der Waals surface area contributed by atoms with Crippen LogP contribution in [0.25, 0.3) is 10.8 Å². The highest BCUT2D eigenvalue weighted by molar-refractivity contribution is 14.1. The standard InChI is InChI=1S/C28H28INO2/c1-3-20-12-14-24(15-13-20)30-18-21-16-26(29)28(27(17-21)31-4-2)32-19-23-10-7-9-22-8-5-6-11-25(22)23/h5-17,30H,3-4,18-19H2,1-2H3. The molecule has 0 atom stereocenters. The van der Waals surface area contributed by atoms with Gasteiger partial charge in [-0.05, 0) is 87.7 Å². The molecule has 0 spiro atoms. The molecule has 0 aliphatic carbocycles. The SMILES string of the molecule is CCOc1cc(CNc2ccc(CC)cc2)cc(I)c1OCc1cccc2ccccc12. The molecule has 4 heteroatoms. The summed E-state index contributed by atoms with van der Waals surface area (Å²) in [5.41, 5.74) is 4.79. The van der Waals surface area contributed by atoms with E-state index in [9.17, 15) is 0 Å². The van der Waals surface area contributed by atoms with Crippen molar-refractivity contribution in [2.75, 3.05) is 11.9 Å². The number of hydrogen-bond donors (Lipinski definition) is 1. The van der Waals surface area contributed by atoms with E-state index >= 15 is 0 Å². The molecule has 0 heterocycles. The van der Waals surface area contributed by atoms with Crippen LogP contribution in [0.15, 0.2) is 78.9 Å². The third-order valence-electron chi connectivity index (χ3n) is 5.48. The van der Waals surface area contributed by atoms with E-state index in [1.54, 1.807) is 0 Å². The van der Waals surface area contributed by atoms with Gasteiger partial charge in [-0.25, -0.2) is 0 Å². The molecule has 3 nitrogen and oxygen atoms in total. The predicted octanol–water partition coefficient (Wildman–Crippen LogP) is 7.60. The Morgan fingerprint density at radius 2 is 1.59 bits per heavy atom. The van der Waals surface area contributed by atoms with Gasteiger partial charge in [0.25, 0.3) is 0 Å². The van der Waals surface area contributed by atoms with Crippen molar-refractivity contribution in [3.8, 4) is 11.5 Å². The molecule has 0 aliphatic heterocycles. The summed E-state index contributed by atoms with van der Waals surface area (Å²) in [7, 11) is 0. The lowest BCUT2D eigenvalue weighted by Gasteiger charge is -2.17. The van der Waals surface area contributed by atoms with Crippen LogP contribution in [0.5, 0.6) is 11.5 Å². The third-order valence-corrected chi connectivity index (χ3v) is 6.28. The molecule has 0 aliphatic rings. The maximum atomic E-state index is 6.31. The van der Waals surface area contributed by atoms with Crippen molar-refractivity contribution >= 4 is 39.1 Å². The van der Waals surface area contributed by atoms with Crippen LogP contribution in [0.2, 0.25) is 0 Å². The van der Waals surface area contributed by atoms with Crippen LogP contribution in [0.3, 0.4) is 0 Å². The topological polar surface area (TPSA) is 30.5 Å². The van der Waals surface area contributed by atoms with Crippen molar-refractivity contribution in [1.29, 1.82) is 0 Å². The molecule has 0 amide bonds. The largest absolute Gasteiger partial charge is 0.490 e. The lowest BCUT2D eigenvalue weighted by molar-refractivity contribution is 0.268. The quantitative estimate of drug-likeness (QED) is 0.223.